The first-order valence-corrected chi connectivity index (χ1v) is 9.13. The Morgan fingerprint density at radius 2 is 1.88 bits per heavy atom. The minimum absolute atomic E-state index is 0. The number of nitrogens with zero attached hydrogens (tertiary/aromatic N) is 4. The molecule has 1 aliphatic heterocycles. The van der Waals surface area contributed by atoms with Crippen LogP contribution < -0.4 is 5.32 Å². The second-order valence-corrected chi connectivity index (χ2v) is 6.25. The highest BCUT2D eigenvalue weighted by atomic mass is 127. The van der Waals surface area contributed by atoms with E-state index in [0.717, 1.165) is 38.7 Å². The molecule has 0 aromatic carbocycles. The number of piperazine rings is 1. The van der Waals surface area contributed by atoms with Gasteiger partial charge in [0.25, 0.3) is 5.91 Å². The van der Waals surface area contributed by atoms with Crippen LogP contribution in [0.5, 0.6) is 0 Å². The zero-order valence-electron chi connectivity index (χ0n) is 16.3. The van der Waals surface area contributed by atoms with E-state index >= 15 is 0 Å². The molecule has 1 atom stereocenters. The quantitative estimate of drug-likeness (QED) is 0.386. The van der Waals surface area contributed by atoms with E-state index < -0.39 is 0 Å². The van der Waals surface area contributed by atoms with Crippen LogP contribution in [0.25, 0.3) is 0 Å². The molecule has 2 rings (SSSR count). The van der Waals surface area contributed by atoms with Crippen LogP contribution in [0, 0.1) is 0 Å². The van der Waals surface area contributed by atoms with Crippen LogP contribution in [0.15, 0.2) is 27.8 Å². The Morgan fingerprint density at radius 1 is 1.27 bits per heavy atom. The van der Waals surface area contributed by atoms with Gasteiger partial charge in [-0.3, -0.25) is 14.7 Å². The Morgan fingerprint density at radius 3 is 2.38 bits per heavy atom. The highest BCUT2D eigenvalue weighted by Gasteiger charge is 2.25. The van der Waals surface area contributed by atoms with E-state index in [1.54, 1.807) is 12.1 Å². The molecular formula is C18H32IN5O2. The van der Waals surface area contributed by atoms with Crippen molar-refractivity contribution < 1.29 is 9.21 Å². The highest BCUT2D eigenvalue weighted by Crippen LogP contribution is 2.09. The summed E-state index contributed by atoms with van der Waals surface area (Å²) in [7, 11) is 1.81. The molecule has 0 bridgehead atoms. The number of furan rings is 1. The van der Waals surface area contributed by atoms with Crippen LogP contribution in [0.4, 0.5) is 0 Å². The first-order valence-electron chi connectivity index (χ1n) is 9.13. The number of carbonyl (C=O) groups is 1. The van der Waals surface area contributed by atoms with E-state index in [9.17, 15) is 4.79 Å². The van der Waals surface area contributed by atoms with Gasteiger partial charge < -0.3 is 19.5 Å². The molecule has 1 aliphatic rings. The molecule has 0 aliphatic carbocycles. The maximum atomic E-state index is 12.3. The van der Waals surface area contributed by atoms with E-state index in [-0.39, 0.29) is 29.9 Å². The smallest absolute Gasteiger partial charge is 0.289 e. The molecule has 1 amide bonds. The van der Waals surface area contributed by atoms with Gasteiger partial charge in [-0.1, -0.05) is 13.8 Å². The van der Waals surface area contributed by atoms with Crippen molar-refractivity contribution in [2.24, 2.45) is 4.99 Å². The third-order valence-corrected chi connectivity index (χ3v) is 4.80. The number of carbonyl (C=O) groups excluding carboxylic acids is 1. The van der Waals surface area contributed by atoms with E-state index in [1.807, 2.05) is 11.9 Å². The lowest BCUT2D eigenvalue weighted by atomic mass is 10.2. The van der Waals surface area contributed by atoms with Crippen LogP contribution in [0.3, 0.4) is 0 Å². The number of halogens is 1. The summed E-state index contributed by atoms with van der Waals surface area (Å²) >= 11 is 0. The molecule has 1 aromatic heterocycles. The van der Waals surface area contributed by atoms with Gasteiger partial charge in [-0.25, -0.2) is 0 Å². The molecule has 8 heteroatoms. The molecule has 148 valence electrons. The number of amides is 1. The lowest BCUT2D eigenvalue weighted by molar-refractivity contribution is 0.0657. The Labute approximate surface area is 173 Å². The Kier molecular flexibility index (Phi) is 10.0. The van der Waals surface area contributed by atoms with Gasteiger partial charge >= 0.3 is 0 Å². The van der Waals surface area contributed by atoms with Crippen molar-refractivity contribution in [1.29, 1.82) is 0 Å². The van der Waals surface area contributed by atoms with Gasteiger partial charge in [-0.05, 0) is 32.1 Å². The minimum atomic E-state index is -0.0391. The lowest BCUT2D eigenvalue weighted by Crippen LogP contribution is -2.55. The van der Waals surface area contributed by atoms with E-state index in [2.05, 4.69) is 40.9 Å². The van der Waals surface area contributed by atoms with Gasteiger partial charge in [-0.2, -0.15) is 0 Å². The largest absolute Gasteiger partial charge is 0.459 e. The maximum absolute atomic E-state index is 12.3. The summed E-state index contributed by atoms with van der Waals surface area (Å²) in [6, 6.07) is 3.91. The van der Waals surface area contributed by atoms with Crippen LogP contribution >= 0.6 is 24.0 Å². The van der Waals surface area contributed by atoms with Crippen molar-refractivity contribution in [3.05, 3.63) is 24.2 Å². The molecule has 1 unspecified atom stereocenters. The molecule has 26 heavy (non-hydrogen) atoms. The summed E-state index contributed by atoms with van der Waals surface area (Å²) in [5.41, 5.74) is 0. The predicted molar refractivity (Wildman–Crippen MR) is 115 cm³/mol. The van der Waals surface area contributed by atoms with E-state index in [0.29, 0.717) is 24.9 Å². The summed E-state index contributed by atoms with van der Waals surface area (Å²) in [5, 5.41) is 3.47. The molecule has 0 saturated carbocycles. The van der Waals surface area contributed by atoms with Crippen LogP contribution in [0.2, 0.25) is 0 Å². The second kappa shape index (κ2) is 11.4. The van der Waals surface area contributed by atoms with Crippen LogP contribution in [-0.4, -0.2) is 85.5 Å². The normalized spacial score (nSPS) is 16.4. The van der Waals surface area contributed by atoms with Gasteiger partial charge in [0.05, 0.1) is 6.26 Å². The Hall–Kier alpha value is -1.29. The zero-order chi connectivity index (χ0) is 18.2. The van der Waals surface area contributed by atoms with Gasteiger partial charge in [-0.15, -0.1) is 24.0 Å². The molecule has 1 aromatic rings. The van der Waals surface area contributed by atoms with Crippen molar-refractivity contribution in [1.82, 2.24) is 20.0 Å². The van der Waals surface area contributed by atoms with E-state index in [4.69, 9.17) is 4.42 Å². The molecule has 1 N–H and O–H groups in total. The summed E-state index contributed by atoms with van der Waals surface area (Å²) in [6.07, 6.45) is 1.53. The van der Waals surface area contributed by atoms with Crippen molar-refractivity contribution in [3.63, 3.8) is 0 Å². The molecule has 0 spiro atoms. The molecule has 0 radical (unpaired) electrons. The number of aliphatic imine (C=N–C) groups is 1. The Bertz CT molecular complexity index is 552. The fraction of sp³-hybridized carbons (Fsp3) is 0.667. The van der Waals surface area contributed by atoms with Crippen LogP contribution in [-0.2, 0) is 0 Å². The SMILES string of the molecule is CCN(CC)C(C)CNC(=NC)N1CCN(C(=O)c2ccco2)CC1.I. The number of rotatable bonds is 6. The number of guanidine groups is 1. The molecule has 2 heterocycles. The Balaban J connectivity index is 0.00000338. The third-order valence-electron chi connectivity index (χ3n) is 4.80. The summed E-state index contributed by atoms with van der Waals surface area (Å²) < 4.78 is 5.21. The van der Waals surface area contributed by atoms with Gasteiger partial charge in [0.15, 0.2) is 11.7 Å². The molecule has 1 fully saturated rings. The summed E-state index contributed by atoms with van der Waals surface area (Å²) in [4.78, 5) is 23.2. The third kappa shape index (κ3) is 5.87. The fourth-order valence-electron chi connectivity index (χ4n) is 3.22. The fourth-order valence-corrected chi connectivity index (χ4v) is 3.22. The first-order chi connectivity index (χ1) is 12.1. The average Bonchev–Trinajstić information content (AvgIpc) is 3.18. The van der Waals surface area contributed by atoms with Crippen LogP contribution in [0.1, 0.15) is 31.3 Å². The number of nitrogens with one attached hydrogen (secondary N) is 1. The minimum Gasteiger partial charge on any atom is -0.459 e. The molecule has 1 saturated heterocycles. The van der Waals surface area contributed by atoms with Crippen molar-refractivity contribution in [3.8, 4) is 0 Å². The van der Waals surface area contributed by atoms with Crippen molar-refractivity contribution in [2.75, 3.05) is 52.9 Å². The molecule has 7 nitrogen and oxygen atoms in total. The monoisotopic (exact) mass is 477 g/mol. The second-order valence-electron chi connectivity index (χ2n) is 6.25. The summed E-state index contributed by atoms with van der Waals surface area (Å²) in [5.74, 6) is 1.27. The standard InChI is InChI=1S/C18H31N5O2.HI/c1-5-21(6-2)15(3)14-20-18(19-4)23-11-9-22(10-12-23)17(24)16-8-7-13-25-16;/h7-8,13,15H,5-6,9-12,14H2,1-4H3,(H,19,20);1H. The van der Waals surface area contributed by atoms with Crippen molar-refractivity contribution in [2.45, 2.75) is 26.8 Å². The van der Waals surface area contributed by atoms with Gasteiger partial charge in [0.2, 0.25) is 0 Å². The predicted octanol–water partition coefficient (Wildman–Crippen LogP) is 1.96. The highest BCUT2D eigenvalue weighted by molar-refractivity contribution is 14.0. The van der Waals surface area contributed by atoms with Crippen molar-refractivity contribution >= 4 is 35.8 Å². The maximum Gasteiger partial charge on any atom is 0.289 e. The number of hydrogen-bond acceptors (Lipinski definition) is 4. The summed E-state index contributed by atoms with van der Waals surface area (Å²) in [6.45, 7) is 12.4. The van der Waals surface area contributed by atoms with Gasteiger partial charge in [0.1, 0.15) is 0 Å². The van der Waals surface area contributed by atoms with E-state index in [1.165, 1.54) is 6.26 Å². The number of hydrogen-bond donors (Lipinski definition) is 1. The number of likely N-dealkylation sites (N-methyl/N-ethyl adjacent to an activating group) is 1. The van der Waals surface area contributed by atoms with Gasteiger partial charge in [0, 0.05) is 45.8 Å². The lowest BCUT2D eigenvalue weighted by Gasteiger charge is -2.37. The topological polar surface area (TPSA) is 64.3 Å². The first kappa shape index (κ1) is 22.8. The zero-order valence-corrected chi connectivity index (χ0v) is 18.6. The molecular weight excluding hydrogens is 445 g/mol. The average molecular weight is 477 g/mol.